The minimum Gasteiger partial charge on any atom is -1.00 e. The second-order valence-electron chi connectivity index (χ2n) is 6.83. The van der Waals surface area contributed by atoms with E-state index in [2.05, 4.69) is 6.92 Å². The molecule has 0 aliphatic rings. The van der Waals surface area contributed by atoms with E-state index in [0.29, 0.717) is 54.1 Å². The second-order valence-corrected chi connectivity index (χ2v) is 8.04. The Kier molecular flexibility index (Phi) is 13.3. The van der Waals surface area contributed by atoms with Crippen molar-refractivity contribution in [3.8, 4) is 28.7 Å². The van der Waals surface area contributed by atoms with Crippen LogP contribution in [0, 0.1) is 0 Å². The van der Waals surface area contributed by atoms with E-state index >= 15 is 0 Å². The van der Waals surface area contributed by atoms with Gasteiger partial charge in [-0.3, -0.25) is 4.79 Å². The van der Waals surface area contributed by atoms with Crippen LogP contribution in [0.1, 0.15) is 51.8 Å². The molecule has 8 heteroatoms. The summed E-state index contributed by atoms with van der Waals surface area (Å²) in [6.07, 6.45) is 2.59. The summed E-state index contributed by atoms with van der Waals surface area (Å²) >= 11 is 0. The van der Waals surface area contributed by atoms with Gasteiger partial charge in [-0.2, -0.15) is 0 Å². The average molecular weight is 456 g/mol. The summed E-state index contributed by atoms with van der Waals surface area (Å²) in [7, 11) is 2.85. The topological polar surface area (TPSA) is 63.2 Å². The van der Waals surface area contributed by atoms with Gasteiger partial charge in [-0.15, -0.1) is 0 Å². The van der Waals surface area contributed by atoms with Crippen molar-refractivity contribution in [3.63, 3.8) is 0 Å². The van der Waals surface area contributed by atoms with Gasteiger partial charge in [-0.1, -0.05) is 26.8 Å². The van der Waals surface area contributed by atoms with E-state index in [0.717, 1.165) is 24.6 Å². The van der Waals surface area contributed by atoms with Crippen molar-refractivity contribution < 1.29 is 48.8 Å². The van der Waals surface area contributed by atoms with E-state index in [1.807, 2.05) is 26.0 Å². The van der Waals surface area contributed by atoms with Gasteiger partial charge >= 0.3 is 18.9 Å². The third-order valence-corrected chi connectivity index (χ3v) is 5.55. The van der Waals surface area contributed by atoms with E-state index in [9.17, 15) is 4.79 Å². The molecule has 2 aromatic carbocycles. The van der Waals surface area contributed by atoms with Crippen LogP contribution in [0.25, 0.3) is 0 Å². The fourth-order valence-electron chi connectivity index (χ4n) is 2.90. The van der Waals surface area contributed by atoms with Gasteiger partial charge < -0.3 is 25.1 Å². The number of methoxy groups -OCH3 is 2. The molecule has 6 nitrogen and oxygen atoms in total. The maximum Gasteiger partial charge on any atom is 1.00 e. The summed E-state index contributed by atoms with van der Waals surface area (Å²) < 4.78 is 28.7. The Morgan fingerprint density at radius 1 is 0.812 bits per heavy atom. The number of ether oxygens (including phenoxy) is 5. The van der Waals surface area contributed by atoms with Crippen molar-refractivity contribution in [2.45, 2.75) is 40.0 Å². The van der Waals surface area contributed by atoms with E-state index in [1.54, 1.807) is 32.4 Å². The molecule has 32 heavy (non-hydrogen) atoms. The first-order valence-electron chi connectivity index (χ1n) is 10.7. The van der Waals surface area contributed by atoms with Gasteiger partial charge in [-0.05, 0) is 40.0 Å². The smallest absolute Gasteiger partial charge is 1.00 e. The van der Waals surface area contributed by atoms with Gasteiger partial charge in [0.15, 0.2) is 5.52 Å². The number of carbonyl (C=O) groups excluding carboxylic acids is 1. The molecule has 0 spiro atoms. The van der Waals surface area contributed by atoms with Crippen LogP contribution >= 0.6 is 8.58 Å². The molecule has 0 heterocycles. The zero-order valence-corrected chi connectivity index (χ0v) is 21.1. The van der Waals surface area contributed by atoms with Crippen LogP contribution in [0.15, 0.2) is 30.3 Å². The molecule has 0 saturated heterocycles. The number of hydrogen-bond donors (Lipinski definition) is 0. The fraction of sp³-hybridized carbons (Fsp3) is 0.458. The van der Waals surface area contributed by atoms with Crippen molar-refractivity contribution in [1.82, 2.24) is 0 Å². The number of rotatable bonds is 14. The predicted octanol–water partition coefficient (Wildman–Crippen LogP) is 2.33. The summed E-state index contributed by atoms with van der Waals surface area (Å²) in [5.41, 5.74) is 0.305. The Labute approximate surface area is 206 Å². The predicted molar refractivity (Wildman–Crippen MR) is 127 cm³/mol. The van der Waals surface area contributed by atoms with Gasteiger partial charge in [0.05, 0.1) is 39.3 Å². The molecule has 0 fully saturated rings. The second kappa shape index (κ2) is 15.1. The maximum absolute atomic E-state index is 13.4. The molecule has 0 aliphatic heterocycles. The van der Waals surface area contributed by atoms with Crippen LogP contribution in [0.2, 0.25) is 0 Å². The van der Waals surface area contributed by atoms with Gasteiger partial charge in [0.1, 0.15) is 34.3 Å². The summed E-state index contributed by atoms with van der Waals surface area (Å²) in [5.74, 6) is 2.86. The molecule has 1 atom stereocenters. The third kappa shape index (κ3) is 7.62. The first-order valence-corrected chi connectivity index (χ1v) is 11.7. The molecule has 0 aromatic heterocycles. The molecular weight excluding hydrogens is 422 g/mol. The average Bonchev–Trinajstić information content (AvgIpc) is 2.80. The summed E-state index contributed by atoms with van der Waals surface area (Å²) in [6.45, 7) is 7.80. The fourth-order valence-corrected chi connectivity index (χ4v) is 4.03. The minimum atomic E-state index is -0.231. The number of benzene rings is 2. The van der Waals surface area contributed by atoms with Crippen LogP contribution in [-0.2, 0) is 0 Å². The molecular formula is C24H34LiO6P. The van der Waals surface area contributed by atoms with Gasteiger partial charge in [-0.25, -0.2) is 0 Å². The zero-order valence-electron chi connectivity index (χ0n) is 21.1. The normalized spacial score (nSPS) is 10.5. The Hall–Kier alpha value is -1.86. The van der Waals surface area contributed by atoms with Crippen molar-refractivity contribution in [2.24, 2.45) is 0 Å². The van der Waals surface area contributed by atoms with Crippen molar-refractivity contribution in [3.05, 3.63) is 35.9 Å². The third-order valence-electron chi connectivity index (χ3n) is 4.33. The standard InChI is InChI=1S/C24H33O6P.Li.H/c1-6-12-28-17-15-20(29-13-7-2)23(21(16-17)30-14-8-3)31-24(25)22-18(26-4)10-9-11-19(22)27-5;;/h9-11,15-16,31H,6-8,12-14H2,1-5H3;;/q;+1;-1. The van der Waals surface area contributed by atoms with Crippen molar-refractivity contribution in [2.75, 3.05) is 34.0 Å². The Morgan fingerprint density at radius 2 is 1.28 bits per heavy atom. The van der Waals surface area contributed by atoms with E-state index in [-0.39, 0.29) is 34.4 Å². The number of hydrogen-bond acceptors (Lipinski definition) is 6. The molecule has 1 unspecified atom stereocenters. The SMILES string of the molecule is CCCOc1cc(OCCC)c(PC(=O)c2c(OC)cccc2OC)c(OCCC)c1.[H-].[Li+]. The van der Waals surface area contributed by atoms with Gasteiger partial charge in [0, 0.05) is 12.1 Å². The van der Waals surface area contributed by atoms with Crippen LogP contribution in [0.4, 0.5) is 0 Å². The van der Waals surface area contributed by atoms with E-state index in [4.69, 9.17) is 23.7 Å². The molecule has 2 aromatic rings. The molecule has 0 N–H and O–H groups in total. The maximum atomic E-state index is 13.4. The van der Waals surface area contributed by atoms with Crippen LogP contribution in [0.3, 0.4) is 0 Å². The summed E-state index contributed by atoms with van der Waals surface area (Å²) in [5, 5.41) is 0.726. The molecule has 0 saturated carbocycles. The van der Waals surface area contributed by atoms with Crippen LogP contribution in [-0.4, -0.2) is 39.6 Å². The molecule has 172 valence electrons. The van der Waals surface area contributed by atoms with E-state index in [1.165, 1.54) is 0 Å². The Morgan fingerprint density at radius 3 is 1.72 bits per heavy atom. The molecule has 0 amide bonds. The van der Waals surface area contributed by atoms with Crippen LogP contribution < -0.4 is 47.8 Å². The van der Waals surface area contributed by atoms with Gasteiger partial charge in [0.2, 0.25) is 0 Å². The first kappa shape index (κ1) is 28.2. The summed E-state index contributed by atoms with van der Waals surface area (Å²) in [4.78, 5) is 13.4. The molecule has 0 aliphatic carbocycles. The quantitative estimate of drug-likeness (QED) is 0.321. The zero-order chi connectivity index (χ0) is 22.6. The Bertz CT molecular complexity index is 814. The van der Waals surface area contributed by atoms with Crippen LogP contribution in [0.5, 0.6) is 28.7 Å². The molecule has 0 bridgehead atoms. The van der Waals surface area contributed by atoms with Crippen molar-refractivity contribution >= 4 is 19.4 Å². The minimum absolute atomic E-state index is 0. The molecule has 2 rings (SSSR count). The number of carbonyl (C=O) groups is 1. The Balaban J connectivity index is 0.00000512. The van der Waals surface area contributed by atoms with Gasteiger partial charge in [0.25, 0.3) is 0 Å². The molecule has 0 radical (unpaired) electrons. The first-order chi connectivity index (χ1) is 15.1. The van der Waals surface area contributed by atoms with E-state index < -0.39 is 0 Å². The van der Waals surface area contributed by atoms with Crippen molar-refractivity contribution in [1.29, 1.82) is 0 Å². The summed E-state index contributed by atoms with van der Waals surface area (Å²) in [6, 6.07) is 9.00. The largest absolute Gasteiger partial charge is 1.00 e. The monoisotopic (exact) mass is 456 g/mol.